The van der Waals surface area contributed by atoms with E-state index < -0.39 is 11.6 Å². The van der Waals surface area contributed by atoms with Gasteiger partial charge in [-0.2, -0.15) is 0 Å². The lowest BCUT2D eigenvalue weighted by molar-refractivity contribution is -0.121. The van der Waals surface area contributed by atoms with Gasteiger partial charge < -0.3 is 10.2 Å². The molecule has 1 atom stereocenters. The van der Waals surface area contributed by atoms with Gasteiger partial charge in [-0.25, -0.2) is 8.78 Å². The molecule has 0 unspecified atom stereocenters. The minimum absolute atomic E-state index is 0.0949. The van der Waals surface area contributed by atoms with Crippen molar-refractivity contribution in [3.05, 3.63) is 35.4 Å². The molecule has 2 aliphatic heterocycles. The monoisotopic (exact) mass is 351 g/mol. The molecule has 0 aromatic heterocycles. The van der Waals surface area contributed by atoms with Gasteiger partial charge in [-0.1, -0.05) is 0 Å². The van der Waals surface area contributed by atoms with Gasteiger partial charge in [-0.3, -0.25) is 9.69 Å². The Hall–Kier alpha value is -1.53. The molecular weight excluding hydrogens is 324 g/mol. The number of piperidine rings is 2. The lowest BCUT2D eigenvalue weighted by Crippen LogP contribution is -2.53. The number of halogens is 2. The van der Waals surface area contributed by atoms with Gasteiger partial charge in [0.1, 0.15) is 11.6 Å². The van der Waals surface area contributed by atoms with Crippen molar-refractivity contribution < 1.29 is 13.6 Å². The van der Waals surface area contributed by atoms with Crippen LogP contribution in [-0.2, 0) is 11.2 Å². The number of hydrogen-bond donors (Lipinski definition) is 1. The van der Waals surface area contributed by atoms with Crippen molar-refractivity contribution in [2.75, 3.05) is 33.2 Å². The molecule has 0 spiro atoms. The van der Waals surface area contributed by atoms with E-state index in [0.29, 0.717) is 6.04 Å². The average molecular weight is 351 g/mol. The molecule has 0 aliphatic carbocycles. The molecule has 0 saturated carbocycles. The Morgan fingerprint density at radius 2 is 1.96 bits per heavy atom. The van der Waals surface area contributed by atoms with E-state index in [2.05, 4.69) is 22.2 Å². The van der Waals surface area contributed by atoms with Crippen molar-refractivity contribution in [3.8, 4) is 0 Å². The quantitative estimate of drug-likeness (QED) is 0.903. The molecule has 2 heterocycles. The molecule has 2 fully saturated rings. The number of carbonyl (C=O) groups excluding carboxylic acids is 1. The van der Waals surface area contributed by atoms with Crippen LogP contribution in [0, 0.1) is 11.6 Å². The van der Waals surface area contributed by atoms with Crippen LogP contribution in [-0.4, -0.2) is 61.0 Å². The van der Waals surface area contributed by atoms with Crippen LogP contribution < -0.4 is 5.32 Å². The normalized spacial score (nSPS) is 23.6. The fourth-order valence-electron chi connectivity index (χ4n) is 3.95. The van der Waals surface area contributed by atoms with Crippen molar-refractivity contribution in [1.82, 2.24) is 15.1 Å². The summed E-state index contributed by atoms with van der Waals surface area (Å²) in [4.78, 5) is 17.1. The van der Waals surface area contributed by atoms with Crippen LogP contribution in [0.4, 0.5) is 8.78 Å². The van der Waals surface area contributed by atoms with Crippen molar-refractivity contribution >= 4 is 5.91 Å². The molecule has 138 valence electrons. The highest BCUT2D eigenvalue weighted by molar-refractivity contribution is 5.78. The van der Waals surface area contributed by atoms with Gasteiger partial charge in [0, 0.05) is 24.2 Å². The van der Waals surface area contributed by atoms with Gasteiger partial charge in [0.25, 0.3) is 0 Å². The predicted molar refractivity (Wildman–Crippen MR) is 93.3 cm³/mol. The summed E-state index contributed by atoms with van der Waals surface area (Å²) >= 11 is 0. The molecule has 1 N–H and O–H groups in total. The highest BCUT2D eigenvalue weighted by Crippen LogP contribution is 2.20. The number of nitrogens with one attached hydrogen (secondary N) is 1. The fraction of sp³-hybridized carbons (Fsp3) is 0.632. The van der Waals surface area contributed by atoms with Crippen molar-refractivity contribution in [2.45, 2.75) is 44.2 Å². The number of amides is 1. The number of nitrogens with zero attached hydrogens (tertiary/aromatic N) is 2. The largest absolute Gasteiger partial charge is 0.352 e. The summed E-state index contributed by atoms with van der Waals surface area (Å²) in [6.45, 7) is 4.18. The summed E-state index contributed by atoms with van der Waals surface area (Å²) in [5.74, 6) is -1.29. The lowest BCUT2D eigenvalue weighted by atomic mass is 9.98. The maximum Gasteiger partial charge on any atom is 0.224 e. The fourth-order valence-corrected chi connectivity index (χ4v) is 3.95. The van der Waals surface area contributed by atoms with E-state index in [1.165, 1.54) is 12.8 Å². The molecule has 2 saturated heterocycles. The molecule has 3 rings (SSSR count). The maximum atomic E-state index is 13.7. The Kier molecular flexibility index (Phi) is 6.02. The molecule has 4 nitrogen and oxygen atoms in total. The van der Waals surface area contributed by atoms with Gasteiger partial charge in [0.15, 0.2) is 0 Å². The summed E-state index contributed by atoms with van der Waals surface area (Å²) < 4.78 is 26.9. The molecule has 6 heteroatoms. The number of likely N-dealkylation sites (tertiary alicyclic amines) is 2. The Balaban J connectivity index is 1.52. The van der Waals surface area contributed by atoms with Crippen LogP contribution in [0.3, 0.4) is 0 Å². The topological polar surface area (TPSA) is 35.6 Å². The Morgan fingerprint density at radius 3 is 2.72 bits per heavy atom. The average Bonchev–Trinajstić information content (AvgIpc) is 2.59. The third kappa shape index (κ3) is 4.98. The first-order chi connectivity index (χ1) is 12.0. The standard InChI is InChI=1S/C19H27F2N3O/c1-23-9-6-17(7-10-23)24-8-2-3-16(13-24)22-19(25)12-14-11-15(20)4-5-18(14)21/h4-5,11,16-17H,2-3,6-10,12-13H2,1H3,(H,22,25)/t16-/m0/s1. The Morgan fingerprint density at radius 1 is 1.20 bits per heavy atom. The predicted octanol–water partition coefficient (Wildman–Crippen LogP) is 2.18. The zero-order chi connectivity index (χ0) is 17.8. The van der Waals surface area contributed by atoms with Crippen LogP contribution in [0.1, 0.15) is 31.2 Å². The first-order valence-electron chi connectivity index (χ1n) is 9.17. The summed E-state index contributed by atoms with van der Waals surface area (Å²) in [6.07, 6.45) is 4.23. The summed E-state index contributed by atoms with van der Waals surface area (Å²) in [7, 11) is 2.15. The molecule has 1 aromatic carbocycles. The highest BCUT2D eigenvalue weighted by Gasteiger charge is 2.28. The molecule has 25 heavy (non-hydrogen) atoms. The maximum absolute atomic E-state index is 13.7. The Bertz CT molecular complexity index is 602. The molecule has 2 aliphatic rings. The second-order valence-corrected chi connectivity index (χ2v) is 7.35. The highest BCUT2D eigenvalue weighted by atomic mass is 19.1. The zero-order valence-electron chi connectivity index (χ0n) is 14.8. The number of carbonyl (C=O) groups is 1. The van der Waals surface area contributed by atoms with Crippen molar-refractivity contribution in [1.29, 1.82) is 0 Å². The minimum Gasteiger partial charge on any atom is -0.352 e. The third-order valence-electron chi connectivity index (χ3n) is 5.38. The number of hydrogen-bond acceptors (Lipinski definition) is 3. The third-order valence-corrected chi connectivity index (χ3v) is 5.38. The van der Waals surface area contributed by atoms with E-state index in [0.717, 1.165) is 57.2 Å². The summed E-state index contributed by atoms with van der Waals surface area (Å²) in [5, 5.41) is 3.01. The van der Waals surface area contributed by atoms with Gasteiger partial charge in [0.2, 0.25) is 5.91 Å². The van der Waals surface area contributed by atoms with Crippen molar-refractivity contribution in [2.24, 2.45) is 0 Å². The summed E-state index contributed by atoms with van der Waals surface area (Å²) in [5.41, 5.74) is 0.112. The van der Waals surface area contributed by atoms with Gasteiger partial charge in [-0.15, -0.1) is 0 Å². The first-order valence-corrected chi connectivity index (χ1v) is 9.17. The molecule has 0 bridgehead atoms. The smallest absolute Gasteiger partial charge is 0.224 e. The lowest BCUT2D eigenvalue weighted by Gasteiger charge is -2.41. The second kappa shape index (κ2) is 8.23. The van der Waals surface area contributed by atoms with Crippen LogP contribution in [0.2, 0.25) is 0 Å². The number of benzene rings is 1. The minimum atomic E-state index is -0.534. The molecular formula is C19H27F2N3O. The first kappa shape index (κ1) is 18.3. The van der Waals surface area contributed by atoms with E-state index in [1.54, 1.807) is 0 Å². The Labute approximate surface area is 148 Å². The molecule has 0 radical (unpaired) electrons. The van der Waals surface area contributed by atoms with Crippen molar-refractivity contribution in [3.63, 3.8) is 0 Å². The number of rotatable bonds is 4. The van der Waals surface area contributed by atoms with E-state index in [-0.39, 0.29) is 23.9 Å². The van der Waals surface area contributed by atoms with Crippen LogP contribution in [0.5, 0.6) is 0 Å². The van der Waals surface area contributed by atoms with Crippen LogP contribution >= 0.6 is 0 Å². The van der Waals surface area contributed by atoms with E-state index in [4.69, 9.17) is 0 Å². The molecule has 1 aromatic rings. The van der Waals surface area contributed by atoms with Gasteiger partial charge >= 0.3 is 0 Å². The van der Waals surface area contributed by atoms with E-state index >= 15 is 0 Å². The molecule has 1 amide bonds. The van der Waals surface area contributed by atoms with Crippen LogP contribution in [0.25, 0.3) is 0 Å². The zero-order valence-corrected chi connectivity index (χ0v) is 14.8. The van der Waals surface area contributed by atoms with Gasteiger partial charge in [0.05, 0.1) is 6.42 Å². The second-order valence-electron chi connectivity index (χ2n) is 7.35. The summed E-state index contributed by atoms with van der Waals surface area (Å²) in [6, 6.07) is 3.92. The van der Waals surface area contributed by atoms with E-state index in [9.17, 15) is 13.6 Å². The van der Waals surface area contributed by atoms with E-state index in [1.807, 2.05) is 0 Å². The van der Waals surface area contributed by atoms with Crippen LogP contribution in [0.15, 0.2) is 18.2 Å². The van der Waals surface area contributed by atoms with Gasteiger partial charge in [-0.05, 0) is 70.6 Å². The SMILES string of the molecule is CN1CCC(N2CCC[C@H](NC(=O)Cc3cc(F)ccc3F)C2)CC1.